The Kier molecular flexibility index (Phi) is 4.22. The van der Waals surface area contributed by atoms with Gasteiger partial charge in [-0.3, -0.25) is 0 Å². The first kappa shape index (κ1) is 16.5. The van der Waals surface area contributed by atoms with Crippen molar-refractivity contribution in [3.63, 3.8) is 0 Å². The molecule has 114 valence electrons. The maximum atomic E-state index is 12.6. The third-order valence-electron chi connectivity index (χ3n) is 2.44. The van der Waals surface area contributed by atoms with Gasteiger partial charge in [0.05, 0.1) is 0 Å². The zero-order chi connectivity index (χ0) is 15.8. The number of alkyl halides is 3. The van der Waals surface area contributed by atoms with E-state index in [-0.39, 0.29) is 17.1 Å². The molecule has 1 aromatic heterocycles. The molecule has 1 aromatic rings. The summed E-state index contributed by atoms with van der Waals surface area (Å²) < 4.78 is 37.9. The molecule has 0 amide bonds. The van der Waals surface area contributed by atoms with Crippen molar-refractivity contribution in [3.05, 3.63) is 11.9 Å². The van der Waals surface area contributed by atoms with E-state index < -0.39 is 17.5 Å². The Morgan fingerprint density at radius 2 is 1.65 bits per heavy atom. The molecule has 0 bridgehead atoms. The van der Waals surface area contributed by atoms with Gasteiger partial charge in [-0.1, -0.05) is 20.8 Å². The second kappa shape index (κ2) is 5.10. The average molecular weight is 290 g/mol. The molecule has 0 unspecified atom stereocenters. The van der Waals surface area contributed by atoms with Gasteiger partial charge in [-0.2, -0.15) is 13.2 Å². The van der Waals surface area contributed by atoms with Gasteiger partial charge in [0, 0.05) is 11.6 Å². The molecule has 0 fully saturated rings. The topological polar surface area (TPSA) is 63.8 Å². The zero-order valence-electron chi connectivity index (χ0n) is 12.4. The van der Waals surface area contributed by atoms with E-state index in [1.807, 2.05) is 13.8 Å². The van der Waals surface area contributed by atoms with E-state index in [0.29, 0.717) is 0 Å². The van der Waals surface area contributed by atoms with Crippen LogP contribution in [0.2, 0.25) is 0 Å². The Morgan fingerprint density at radius 3 is 2.10 bits per heavy atom. The fourth-order valence-corrected chi connectivity index (χ4v) is 2.37. The van der Waals surface area contributed by atoms with Gasteiger partial charge in [0.25, 0.3) is 0 Å². The van der Waals surface area contributed by atoms with Crippen molar-refractivity contribution in [2.75, 3.05) is 11.1 Å². The van der Waals surface area contributed by atoms with Gasteiger partial charge in [0.2, 0.25) is 5.82 Å². The van der Waals surface area contributed by atoms with E-state index in [1.165, 1.54) is 6.07 Å². The Hall–Kier alpha value is -1.53. The van der Waals surface area contributed by atoms with Crippen LogP contribution in [-0.2, 0) is 6.18 Å². The summed E-state index contributed by atoms with van der Waals surface area (Å²) in [7, 11) is 0. The Labute approximate surface area is 117 Å². The van der Waals surface area contributed by atoms with Gasteiger partial charge in [-0.15, -0.1) is 0 Å². The molecule has 20 heavy (non-hydrogen) atoms. The molecule has 0 saturated heterocycles. The summed E-state index contributed by atoms with van der Waals surface area (Å²) in [4.78, 5) is 6.70. The molecule has 4 nitrogen and oxygen atoms in total. The first-order valence-corrected chi connectivity index (χ1v) is 6.28. The highest BCUT2D eigenvalue weighted by molar-refractivity contribution is 5.46. The summed E-state index contributed by atoms with van der Waals surface area (Å²) in [5.74, 6) is -1.35. The molecule has 0 aromatic carbocycles. The smallest absolute Gasteiger partial charge is 0.384 e. The first-order valence-electron chi connectivity index (χ1n) is 6.28. The number of hydrogen-bond donors (Lipinski definition) is 2. The number of hydrogen-bond acceptors (Lipinski definition) is 4. The normalized spacial score (nSPS) is 13.4. The summed E-state index contributed by atoms with van der Waals surface area (Å²) in [6.07, 6.45) is -3.86. The van der Waals surface area contributed by atoms with Crippen molar-refractivity contribution < 1.29 is 13.2 Å². The third kappa shape index (κ3) is 5.22. The molecule has 0 atom stereocenters. The molecule has 7 heteroatoms. The SMILES string of the molecule is CC(C)(C)CC(C)(C)Nc1cc(N)nc(C(F)(F)F)n1. The Morgan fingerprint density at radius 1 is 1.10 bits per heavy atom. The first-order chi connectivity index (χ1) is 8.78. The Bertz CT molecular complexity index is 475. The van der Waals surface area contributed by atoms with Crippen molar-refractivity contribution in [2.24, 2.45) is 5.41 Å². The molecule has 0 aliphatic carbocycles. The minimum absolute atomic E-state index is 0.0297. The van der Waals surface area contributed by atoms with Gasteiger partial charge in [0.1, 0.15) is 11.6 Å². The number of aromatic nitrogens is 2. The fraction of sp³-hybridized carbons (Fsp3) is 0.692. The molecular weight excluding hydrogens is 269 g/mol. The van der Waals surface area contributed by atoms with E-state index in [4.69, 9.17) is 5.73 Å². The summed E-state index contributed by atoms with van der Waals surface area (Å²) in [5.41, 5.74) is 5.03. The van der Waals surface area contributed by atoms with Crippen LogP contribution in [0.1, 0.15) is 46.9 Å². The van der Waals surface area contributed by atoms with Gasteiger partial charge < -0.3 is 11.1 Å². The summed E-state index contributed by atoms with van der Waals surface area (Å²) in [6.45, 7) is 10.00. The molecule has 1 heterocycles. The van der Waals surface area contributed by atoms with Gasteiger partial charge in [-0.25, -0.2) is 9.97 Å². The van der Waals surface area contributed by atoms with Crippen LogP contribution >= 0.6 is 0 Å². The maximum absolute atomic E-state index is 12.6. The van der Waals surface area contributed by atoms with Crippen LogP contribution in [0.25, 0.3) is 0 Å². The van der Waals surface area contributed by atoms with Crippen molar-refractivity contribution in [2.45, 2.75) is 52.8 Å². The predicted octanol–water partition coefficient (Wildman–Crippen LogP) is 3.70. The molecule has 0 aliphatic rings. The van der Waals surface area contributed by atoms with Gasteiger partial charge >= 0.3 is 6.18 Å². The van der Waals surface area contributed by atoms with E-state index in [9.17, 15) is 13.2 Å². The number of nitrogen functional groups attached to an aromatic ring is 1. The lowest BCUT2D eigenvalue weighted by molar-refractivity contribution is -0.144. The molecule has 0 aliphatic heterocycles. The average Bonchev–Trinajstić information content (AvgIpc) is 2.09. The number of anilines is 2. The van der Waals surface area contributed by atoms with E-state index in [2.05, 4.69) is 36.1 Å². The predicted molar refractivity (Wildman–Crippen MR) is 73.2 cm³/mol. The lowest BCUT2D eigenvalue weighted by Crippen LogP contribution is -2.36. The third-order valence-corrected chi connectivity index (χ3v) is 2.44. The van der Waals surface area contributed by atoms with Crippen LogP contribution in [0.5, 0.6) is 0 Å². The monoisotopic (exact) mass is 290 g/mol. The highest BCUT2D eigenvalue weighted by Crippen LogP contribution is 2.31. The number of nitrogens with zero attached hydrogens (tertiary/aromatic N) is 2. The molecular formula is C13H21F3N4. The number of nitrogens with one attached hydrogen (secondary N) is 1. The van der Waals surface area contributed by atoms with Gasteiger partial charge in [0.15, 0.2) is 0 Å². The summed E-state index contributed by atoms with van der Waals surface area (Å²) in [6, 6.07) is 1.31. The van der Waals surface area contributed by atoms with E-state index in [1.54, 1.807) is 0 Å². The zero-order valence-corrected chi connectivity index (χ0v) is 12.4. The van der Waals surface area contributed by atoms with Crippen molar-refractivity contribution in [1.29, 1.82) is 0 Å². The number of halogens is 3. The Balaban J connectivity index is 3.01. The summed E-state index contributed by atoms with van der Waals surface area (Å²) in [5, 5.41) is 3.00. The summed E-state index contributed by atoms with van der Waals surface area (Å²) >= 11 is 0. The standard InChI is InChI=1S/C13H21F3N4/c1-11(2,3)7-12(4,5)20-9-6-8(17)18-10(19-9)13(14,15)16/h6H,7H2,1-5H3,(H3,17,18,19,20). The number of rotatable bonds is 3. The van der Waals surface area contributed by atoms with Crippen LogP contribution < -0.4 is 11.1 Å². The van der Waals surface area contributed by atoms with Crippen LogP contribution in [0.15, 0.2) is 6.07 Å². The lowest BCUT2D eigenvalue weighted by atomic mass is 9.82. The lowest BCUT2D eigenvalue weighted by Gasteiger charge is -2.33. The molecule has 0 spiro atoms. The van der Waals surface area contributed by atoms with Crippen LogP contribution in [-0.4, -0.2) is 15.5 Å². The number of nitrogens with two attached hydrogens (primary N) is 1. The quantitative estimate of drug-likeness (QED) is 0.890. The molecule has 1 rings (SSSR count). The van der Waals surface area contributed by atoms with Crippen LogP contribution in [0, 0.1) is 5.41 Å². The minimum atomic E-state index is -4.61. The largest absolute Gasteiger partial charge is 0.451 e. The molecule has 0 saturated carbocycles. The van der Waals surface area contributed by atoms with Gasteiger partial charge in [-0.05, 0) is 25.7 Å². The maximum Gasteiger partial charge on any atom is 0.451 e. The van der Waals surface area contributed by atoms with E-state index in [0.717, 1.165) is 6.42 Å². The molecule has 3 N–H and O–H groups in total. The van der Waals surface area contributed by atoms with Crippen molar-refractivity contribution in [1.82, 2.24) is 9.97 Å². The second-order valence-corrected chi connectivity index (χ2v) is 6.75. The van der Waals surface area contributed by atoms with Crippen LogP contribution in [0.4, 0.5) is 24.8 Å². The fourth-order valence-electron chi connectivity index (χ4n) is 2.37. The van der Waals surface area contributed by atoms with Crippen molar-refractivity contribution >= 4 is 11.6 Å². The highest BCUT2D eigenvalue weighted by Gasteiger charge is 2.36. The van der Waals surface area contributed by atoms with E-state index >= 15 is 0 Å². The minimum Gasteiger partial charge on any atom is -0.384 e. The molecule has 0 radical (unpaired) electrons. The highest BCUT2D eigenvalue weighted by atomic mass is 19.4. The second-order valence-electron chi connectivity index (χ2n) is 6.75. The van der Waals surface area contributed by atoms with Crippen LogP contribution in [0.3, 0.4) is 0 Å². The van der Waals surface area contributed by atoms with Crippen molar-refractivity contribution in [3.8, 4) is 0 Å².